The molecule has 0 saturated carbocycles. The number of hydrogen-bond acceptors (Lipinski definition) is 9. The minimum absolute atomic E-state index is 0.0171. The SMILES string of the molecule is C#CCn1c(=NC(=O)CSCC(=O)Nc2sc3c(c2C(=O)OCC)CCCCC3)sc2cc(C(=O)OC)ccc21. The molecule has 0 unspecified atom stereocenters. The van der Waals surface area contributed by atoms with E-state index in [1.54, 1.807) is 29.7 Å². The van der Waals surface area contributed by atoms with Crippen LogP contribution in [0.3, 0.4) is 0 Å². The van der Waals surface area contributed by atoms with Gasteiger partial charge in [-0.1, -0.05) is 23.7 Å². The Morgan fingerprint density at radius 3 is 2.67 bits per heavy atom. The second-order valence-electron chi connectivity index (χ2n) is 8.88. The highest BCUT2D eigenvalue weighted by Crippen LogP contribution is 2.38. The number of carbonyl (C=O) groups is 4. The summed E-state index contributed by atoms with van der Waals surface area (Å²) >= 11 is 3.81. The fraction of sp³-hybridized carbons (Fsp3) is 0.393. The number of aryl methyl sites for hydroxylation is 1. The van der Waals surface area contributed by atoms with E-state index in [1.807, 2.05) is 0 Å². The molecule has 1 N–H and O–H groups in total. The van der Waals surface area contributed by atoms with Crippen molar-refractivity contribution in [2.75, 3.05) is 30.5 Å². The van der Waals surface area contributed by atoms with E-state index in [9.17, 15) is 19.2 Å². The van der Waals surface area contributed by atoms with Crippen molar-refractivity contribution in [3.05, 3.63) is 44.6 Å². The summed E-state index contributed by atoms with van der Waals surface area (Å²) in [6.45, 7) is 2.21. The number of aromatic nitrogens is 1. The second kappa shape index (κ2) is 13.8. The highest BCUT2D eigenvalue weighted by Gasteiger charge is 2.26. The molecule has 2 aromatic heterocycles. The monoisotopic (exact) mass is 599 g/mol. The van der Waals surface area contributed by atoms with Gasteiger partial charge in [-0.25, -0.2) is 9.59 Å². The van der Waals surface area contributed by atoms with Crippen LogP contribution in [0, 0.1) is 12.3 Å². The van der Waals surface area contributed by atoms with Gasteiger partial charge in [-0.15, -0.1) is 29.5 Å². The van der Waals surface area contributed by atoms with Crippen molar-refractivity contribution in [2.24, 2.45) is 4.99 Å². The Hall–Kier alpha value is -3.40. The Labute approximate surface area is 244 Å². The van der Waals surface area contributed by atoms with Crippen molar-refractivity contribution in [3.63, 3.8) is 0 Å². The Bertz CT molecular complexity index is 1560. The number of anilines is 1. The van der Waals surface area contributed by atoms with Gasteiger partial charge in [0.05, 0.1) is 53.1 Å². The van der Waals surface area contributed by atoms with Crippen LogP contribution in [0.15, 0.2) is 23.2 Å². The number of carbonyl (C=O) groups excluding carboxylic acids is 4. The first-order chi connectivity index (χ1) is 19.4. The number of nitrogens with one attached hydrogen (secondary N) is 1. The number of ether oxygens (including phenoxy) is 2. The molecule has 2 heterocycles. The topological polar surface area (TPSA) is 116 Å². The van der Waals surface area contributed by atoms with E-state index in [-0.39, 0.29) is 30.6 Å². The smallest absolute Gasteiger partial charge is 0.341 e. The number of hydrogen-bond donors (Lipinski definition) is 1. The molecule has 9 nitrogen and oxygen atoms in total. The maximum absolute atomic E-state index is 12.8. The maximum Gasteiger partial charge on any atom is 0.341 e. The van der Waals surface area contributed by atoms with Gasteiger partial charge in [0.25, 0.3) is 5.91 Å². The minimum atomic E-state index is -0.462. The van der Waals surface area contributed by atoms with Crippen molar-refractivity contribution >= 4 is 73.4 Å². The van der Waals surface area contributed by atoms with Crippen LogP contribution in [0.25, 0.3) is 10.2 Å². The molecule has 0 bridgehead atoms. The van der Waals surface area contributed by atoms with E-state index in [0.29, 0.717) is 20.9 Å². The molecule has 210 valence electrons. The van der Waals surface area contributed by atoms with Gasteiger partial charge in [0.15, 0.2) is 4.80 Å². The number of thioether (sulfide) groups is 1. The number of benzene rings is 1. The fourth-order valence-corrected chi connectivity index (χ4v) is 7.41. The van der Waals surface area contributed by atoms with Crippen LogP contribution in [0.5, 0.6) is 0 Å². The molecule has 4 rings (SSSR count). The van der Waals surface area contributed by atoms with Crippen molar-refractivity contribution in [1.29, 1.82) is 0 Å². The molecule has 0 radical (unpaired) electrons. The summed E-state index contributed by atoms with van der Waals surface area (Å²) in [6, 6.07) is 5.05. The van der Waals surface area contributed by atoms with Crippen molar-refractivity contribution in [2.45, 2.75) is 45.6 Å². The number of thiazole rings is 1. The van der Waals surface area contributed by atoms with Crippen molar-refractivity contribution < 1.29 is 28.7 Å². The van der Waals surface area contributed by atoms with E-state index < -0.39 is 17.8 Å². The first-order valence-corrected chi connectivity index (χ1v) is 15.6. The van der Waals surface area contributed by atoms with Crippen molar-refractivity contribution in [3.8, 4) is 12.3 Å². The van der Waals surface area contributed by atoms with Crippen LogP contribution in [0.1, 0.15) is 57.3 Å². The van der Waals surface area contributed by atoms with Crippen LogP contribution in [0.2, 0.25) is 0 Å². The third-order valence-corrected chi connectivity index (χ3v) is 9.35. The molecule has 0 atom stereocenters. The number of rotatable bonds is 9. The normalized spacial score (nSPS) is 13.3. The van der Waals surface area contributed by atoms with E-state index in [2.05, 4.69) is 16.2 Å². The predicted octanol–water partition coefficient (Wildman–Crippen LogP) is 4.43. The average Bonchev–Trinajstić information content (AvgIpc) is 3.34. The lowest BCUT2D eigenvalue weighted by Crippen LogP contribution is -2.19. The molecule has 0 saturated heterocycles. The zero-order valence-electron chi connectivity index (χ0n) is 22.2. The van der Waals surface area contributed by atoms with E-state index in [0.717, 1.165) is 64.5 Å². The van der Waals surface area contributed by atoms with Gasteiger partial charge < -0.3 is 19.4 Å². The zero-order valence-corrected chi connectivity index (χ0v) is 24.7. The second-order valence-corrected chi connectivity index (χ2v) is 12.0. The molecular formula is C28H29N3O6S3. The van der Waals surface area contributed by atoms with Gasteiger partial charge >= 0.3 is 11.9 Å². The highest BCUT2D eigenvalue weighted by atomic mass is 32.2. The molecule has 0 spiro atoms. The van der Waals surface area contributed by atoms with Gasteiger partial charge in [0.1, 0.15) is 5.00 Å². The lowest BCUT2D eigenvalue weighted by molar-refractivity contribution is -0.115. The van der Waals surface area contributed by atoms with Crippen LogP contribution in [0.4, 0.5) is 5.00 Å². The molecule has 1 aliphatic rings. The largest absolute Gasteiger partial charge is 0.465 e. The standard InChI is InChI=1S/C28H29N3O6S3/c1-4-13-31-19-12-11-17(26(34)36-3)14-21(19)40-28(31)30-23(33)16-38-15-22(32)29-25-24(27(35)37-5-2)18-9-7-6-8-10-20(18)39-25/h1,11-12,14H,5-10,13,15-16H2,2-3H3,(H,29,32). The number of esters is 2. The summed E-state index contributed by atoms with van der Waals surface area (Å²) < 4.78 is 12.5. The van der Waals surface area contributed by atoms with Gasteiger partial charge in [-0.05, 0) is 56.4 Å². The summed E-state index contributed by atoms with van der Waals surface area (Å²) in [4.78, 5) is 55.8. The molecule has 0 aliphatic heterocycles. The molecule has 12 heteroatoms. The van der Waals surface area contributed by atoms with Gasteiger partial charge in [-0.2, -0.15) is 4.99 Å². The minimum Gasteiger partial charge on any atom is -0.465 e. The van der Waals surface area contributed by atoms with Crippen LogP contribution >= 0.6 is 34.4 Å². The Balaban J connectivity index is 1.44. The maximum atomic E-state index is 12.8. The number of methoxy groups -OCH3 is 1. The number of fused-ring (bicyclic) bond motifs is 2. The molecule has 0 fully saturated rings. The molecule has 3 aromatic rings. The zero-order chi connectivity index (χ0) is 28.6. The summed E-state index contributed by atoms with van der Waals surface area (Å²) in [5.41, 5.74) is 2.59. The first kappa shape index (κ1) is 29.6. The van der Waals surface area contributed by atoms with Crippen LogP contribution < -0.4 is 10.1 Å². The molecule has 2 amide bonds. The van der Waals surface area contributed by atoms with Gasteiger partial charge in [0.2, 0.25) is 5.91 Å². The molecular weight excluding hydrogens is 571 g/mol. The summed E-state index contributed by atoms with van der Waals surface area (Å²) in [6.07, 6.45) is 10.4. The van der Waals surface area contributed by atoms with Crippen molar-refractivity contribution in [1.82, 2.24) is 4.57 Å². The highest BCUT2D eigenvalue weighted by molar-refractivity contribution is 8.00. The summed E-state index contributed by atoms with van der Waals surface area (Å²) in [5, 5.41) is 3.38. The number of nitrogens with zero attached hydrogens (tertiary/aromatic N) is 2. The lowest BCUT2D eigenvalue weighted by atomic mass is 10.1. The number of amides is 2. The summed E-state index contributed by atoms with van der Waals surface area (Å²) in [5.74, 6) is 0.964. The summed E-state index contributed by atoms with van der Waals surface area (Å²) in [7, 11) is 1.31. The van der Waals surface area contributed by atoms with E-state index in [4.69, 9.17) is 15.9 Å². The average molecular weight is 600 g/mol. The van der Waals surface area contributed by atoms with Crippen LogP contribution in [-0.2, 0) is 38.4 Å². The lowest BCUT2D eigenvalue weighted by Gasteiger charge is -2.08. The first-order valence-electron chi connectivity index (χ1n) is 12.8. The quantitative estimate of drug-likeness (QED) is 0.220. The molecule has 1 aromatic carbocycles. The number of thiophene rings is 1. The van der Waals surface area contributed by atoms with Gasteiger partial charge in [0, 0.05) is 4.88 Å². The third kappa shape index (κ3) is 6.83. The number of terminal acetylenes is 1. The van der Waals surface area contributed by atoms with E-state index >= 15 is 0 Å². The van der Waals surface area contributed by atoms with Gasteiger partial charge in [-0.3, -0.25) is 9.59 Å². The predicted molar refractivity (Wildman–Crippen MR) is 158 cm³/mol. The Kier molecular flexibility index (Phi) is 10.2. The third-order valence-electron chi connectivity index (χ3n) is 6.19. The van der Waals surface area contributed by atoms with E-state index in [1.165, 1.54) is 29.8 Å². The Morgan fingerprint density at radius 1 is 1.12 bits per heavy atom. The fourth-order valence-electron chi connectivity index (χ4n) is 4.43. The molecule has 40 heavy (non-hydrogen) atoms. The molecule has 1 aliphatic carbocycles. The van der Waals surface area contributed by atoms with Crippen LogP contribution in [-0.4, -0.2) is 53.5 Å². The Morgan fingerprint density at radius 2 is 1.93 bits per heavy atom.